The van der Waals surface area contributed by atoms with E-state index in [1.807, 2.05) is 4.90 Å². The summed E-state index contributed by atoms with van der Waals surface area (Å²) in [4.78, 5) is 18.4. The van der Waals surface area contributed by atoms with Gasteiger partial charge in [-0.15, -0.1) is 0 Å². The predicted octanol–water partition coefficient (Wildman–Crippen LogP) is 3.94. The number of ether oxygens (including phenoxy) is 1. The van der Waals surface area contributed by atoms with Gasteiger partial charge in [0.15, 0.2) is 5.82 Å². The van der Waals surface area contributed by atoms with Crippen LogP contribution in [0, 0.1) is 0 Å². The molecule has 32 heavy (non-hydrogen) atoms. The number of carbonyl (C=O) groups excluding carboxylic acids is 1. The number of halogens is 3. The van der Waals surface area contributed by atoms with Gasteiger partial charge in [-0.05, 0) is 51.4 Å². The molecule has 11 heteroatoms. The van der Waals surface area contributed by atoms with E-state index in [-0.39, 0.29) is 23.9 Å². The zero-order valence-corrected chi connectivity index (χ0v) is 18.1. The van der Waals surface area contributed by atoms with Crippen molar-refractivity contribution in [2.24, 2.45) is 0 Å². The lowest BCUT2D eigenvalue weighted by Crippen LogP contribution is -2.31. The van der Waals surface area contributed by atoms with Crippen molar-refractivity contribution in [3.8, 4) is 0 Å². The fourth-order valence-electron chi connectivity index (χ4n) is 4.34. The van der Waals surface area contributed by atoms with Crippen LogP contribution in [0.15, 0.2) is 18.2 Å². The number of alkyl halides is 3. The van der Waals surface area contributed by atoms with Crippen LogP contribution in [0.25, 0.3) is 0 Å². The second-order valence-corrected chi connectivity index (χ2v) is 8.87. The zero-order chi connectivity index (χ0) is 22.9. The molecule has 2 aromatic rings. The summed E-state index contributed by atoms with van der Waals surface area (Å²) in [6, 6.07) is 3.83. The number of hydrogen-bond acceptors (Lipinski definition) is 6. The van der Waals surface area contributed by atoms with Crippen molar-refractivity contribution in [2.45, 2.75) is 56.8 Å². The molecule has 4 rings (SSSR count). The molecule has 2 aromatic heterocycles. The number of amides is 1. The van der Waals surface area contributed by atoms with Crippen molar-refractivity contribution in [1.82, 2.24) is 25.4 Å². The normalized spacial score (nSPS) is 25.3. The lowest BCUT2D eigenvalue weighted by atomic mass is 9.85. The Morgan fingerprint density at radius 3 is 2.84 bits per heavy atom. The first-order valence-corrected chi connectivity index (χ1v) is 10.6. The monoisotopic (exact) mass is 452 g/mol. The Balaban J connectivity index is 1.65. The van der Waals surface area contributed by atoms with Gasteiger partial charge in [0.2, 0.25) is 0 Å². The molecule has 2 aliphatic rings. The van der Waals surface area contributed by atoms with Crippen molar-refractivity contribution < 1.29 is 22.7 Å². The van der Waals surface area contributed by atoms with Crippen LogP contribution in [-0.4, -0.2) is 52.4 Å². The molecule has 0 spiro atoms. The van der Waals surface area contributed by atoms with E-state index in [0.717, 1.165) is 30.7 Å². The fourth-order valence-corrected chi connectivity index (χ4v) is 4.34. The van der Waals surface area contributed by atoms with Crippen molar-refractivity contribution >= 4 is 17.7 Å². The highest BCUT2D eigenvalue weighted by molar-refractivity contribution is 5.67. The summed E-state index contributed by atoms with van der Waals surface area (Å²) in [5, 5.41) is 12.9. The molecular formula is C21H27F3N6O2. The molecule has 6 bridgehead atoms. The van der Waals surface area contributed by atoms with E-state index in [9.17, 15) is 18.0 Å². The van der Waals surface area contributed by atoms with E-state index in [4.69, 9.17) is 4.74 Å². The van der Waals surface area contributed by atoms with E-state index >= 15 is 0 Å². The molecule has 1 saturated carbocycles. The first-order chi connectivity index (χ1) is 15.1. The molecular weight excluding hydrogens is 425 g/mol. The summed E-state index contributed by atoms with van der Waals surface area (Å²) in [7, 11) is 1.80. The van der Waals surface area contributed by atoms with Crippen molar-refractivity contribution in [3.63, 3.8) is 0 Å². The minimum Gasteiger partial charge on any atom is -0.446 e. The molecule has 1 aliphatic heterocycles. The van der Waals surface area contributed by atoms with Crippen molar-refractivity contribution in [2.75, 3.05) is 25.5 Å². The van der Waals surface area contributed by atoms with Crippen LogP contribution in [0.2, 0.25) is 0 Å². The molecule has 3 heterocycles. The number of aromatic amines is 1. The number of fused-ring (bicyclic) bond motifs is 7. The van der Waals surface area contributed by atoms with Crippen LogP contribution in [0.1, 0.15) is 49.6 Å². The summed E-state index contributed by atoms with van der Waals surface area (Å²) in [5.74, 6) is 0.475. The lowest BCUT2D eigenvalue weighted by molar-refractivity contribution is -0.137. The van der Waals surface area contributed by atoms with E-state index in [1.165, 1.54) is 0 Å². The van der Waals surface area contributed by atoms with Crippen LogP contribution in [0.3, 0.4) is 0 Å². The number of nitrogens with zero attached hydrogens (tertiary/aromatic N) is 3. The van der Waals surface area contributed by atoms with Gasteiger partial charge in [-0.2, -0.15) is 18.3 Å². The van der Waals surface area contributed by atoms with Crippen LogP contribution >= 0.6 is 0 Å². The number of anilines is 2. The van der Waals surface area contributed by atoms with Crippen LogP contribution in [0.4, 0.5) is 29.6 Å². The molecule has 0 unspecified atom stereocenters. The Kier molecular flexibility index (Phi) is 6.02. The Hall–Kier alpha value is -2.82. The Morgan fingerprint density at radius 1 is 1.25 bits per heavy atom. The van der Waals surface area contributed by atoms with E-state index in [0.29, 0.717) is 37.4 Å². The van der Waals surface area contributed by atoms with Gasteiger partial charge in [-0.3, -0.25) is 5.10 Å². The number of pyridine rings is 1. The summed E-state index contributed by atoms with van der Waals surface area (Å²) < 4.78 is 46.0. The SMILES string of the molecule is CN1CCCNC(=O)O[C@@H]2CC[C@@](C)(C2)c2cc(n[nH]2)Nc2cc(C(F)(F)F)cc(n2)C1. The molecule has 0 aromatic carbocycles. The van der Waals surface area contributed by atoms with Gasteiger partial charge in [0.05, 0.1) is 11.3 Å². The van der Waals surface area contributed by atoms with Gasteiger partial charge < -0.3 is 20.3 Å². The van der Waals surface area contributed by atoms with Gasteiger partial charge in [0, 0.05) is 30.3 Å². The number of nitrogens with one attached hydrogen (secondary N) is 3. The second-order valence-electron chi connectivity index (χ2n) is 8.87. The maximum absolute atomic E-state index is 13.5. The molecule has 0 radical (unpaired) electrons. The van der Waals surface area contributed by atoms with E-state index in [1.54, 1.807) is 13.1 Å². The zero-order valence-electron chi connectivity index (χ0n) is 18.1. The van der Waals surface area contributed by atoms with Gasteiger partial charge in [0.25, 0.3) is 0 Å². The third kappa shape index (κ3) is 5.14. The number of carbonyl (C=O) groups is 1. The fraction of sp³-hybridized carbons (Fsp3) is 0.571. The van der Waals surface area contributed by atoms with E-state index < -0.39 is 17.8 Å². The topological polar surface area (TPSA) is 95.2 Å². The minimum atomic E-state index is -4.49. The smallest absolute Gasteiger partial charge is 0.416 e. The standard InChI is InChI=1S/C21H27F3N6O2/c1-20-5-4-15(11-20)32-19(31)25-6-3-7-30(2)12-14-8-13(21(22,23)24)9-17(26-14)27-18-10-16(20)28-29-18/h8-10,15H,3-7,11-12H2,1-2H3,(H,25,31)(H2,26,27,28,29)/t15-,20+/m1/s1. The van der Waals surface area contributed by atoms with Crippen LogP contribution in [0.5, 0.6) is 0 Å². The summed E-state index contributed by atoms with van der Waals surface area (Å²) in [6.07, 6.45) is -2.34. The molecule has 3 N–H and O–H groups in total. The quantitative estimate of drug-likeness (QED) is 0.561. The first kappa shape index (κ1) is 22.4. The van der Waals surface area contributed by atoms with E-state index in [2.05, 4.69) is 32.7 Å². The lowest BCUT2D eigenvalue weighted by Gasteiger charge is -2.22. The third-order valence-corrected chi connectivity index (χ3v) is 6.08. The summed E-state index contributed by atoms with van der Waals surface area (Å²) in [5.41, 5.74) is 0.0797. The molecule has 174 valence electrons. The maximum Gasteiger partial charge on any atom is 0.416 e. The van der Waals surface area contributed by atoms with Crippen LogP contribution < -0.4 is 10.6 Å². The van der Waals surface area contributed by atoms with Crippen LogP contribution in [-0.2, 0) is 22.9 Å². The molecule has 1 fully saturated rings. The highest BCUT2D eigenvalue weighted by atomic mass is 19.4. The molecule has 1 aliphatic carbocycles. The van der Waals surface area contributed by atoms with Crippen molar-refractivity contribution in [1.29, 1.82) is 0 Å². The van der Waals surface area contributed by atoms with Gasteiger partial charge in [-0.1, -0.05) is 6.92 Å². The average molecular weight is 452 g/mol. The number of aromatic nitrogens is 3. The molecule has 1 amide bonds. The number of alkyl carbamates (subject to hydrolysis) is 1. The molecule has 0 saturated heterocycles. The highest BCUT2D eigenvalue weighted by Gasteiger charge is 2.40. The summed E-state index contributed by atoms with van der Waals surface area (Å²) in [6.45, 7) is 3.28. The molecule has 8 nitrogen and oxygen atoms in total. The van der Waals surface area contributed by atoms with Gasteiger partial charge >= 0.3 is 12.3 Å². The Labute approximate surface area is 183 Å². The summed E-state index contributed by atoms with van der Waals surface area (Å²) >= 11 is 0. The van der Waals surface area contributed by atoms with Gasteiger partial charge in [-0.25, -0.2) is 9.78 Å². The first-order valence-electron chi connectivity index (χ1n) is 10.6. The largest absolute Gasteiger partial charge is 0.446 e. The third-order valence-electron chi connectivity index (χ3n) is 6.08. The molecule has 2 atom stereocenters. The Bertz CT molecular complexity index is 979. The maximum atomic E-state index is 13.5. The second kappa shape index (κ2) is 8.61. The van der Waals surface area contributed by atoms with Crippen molar-refractivity contribution in [3.05, 3.63) is 35.2 Å². The number of rotatable bonds is 0. The van der Waals surface area contributed by atoms with Gasteiger partial charge in [0.1, 0.15) is 11.9 Å². The highest BCUT2D eigenvalue weighted by Crippen LogP contribution is 2.42. The average Bonchev–Trinajstić information content (AvgIpc) is 3.32. The number of H-pyrrole nitrogens is 1. The Morgan fingerprint density at radius 2 is 2.06 bits per heavy atom. The predicted molar refractivity (Wildman–Crippen MR) is 112 cm³/mol. The number of hydrogen-bond donors (Lipinski definition) is 3. The minimum absolute atomic E-state index is 0.0902.